The number of aromatic nitrogens is 1. The van der Waals surface area contributed by atoms with Crippen molar-refractivity contribution in [3.05, 3.63) is 94.6 Å². The molecule has 2 atom stereocenters. The number of fused-ring (bicyclic) bond motifs is 2. The lowest BCUT2D eigenvalue weighted by Gasteiger charge is -2.38. The van der Waals surface area contributed by atoms with Gasteiger partial charge in [0.25, 0.3) is 0 Å². The molecular weight excluding hydrogens is 614 g/mol. The first-order valence-corrected chi connectivity index (χ1v) is 16.6. The largest absolute Gasteiger partial charge is 0.497 e. The second-order valence-electron chi connectivity index (χ2n) is 13.0. The number of likely N-dealkylation sites (tertiary alicyclic amines) is 1. The van der Waals surface area contributed by atoms with E-state index in [4.69, 9.17) is 16.3 Å². The summed E-state index contributed by atoms with van der Waals surface area (Å²) >= 11 is 6.40. The number of ketones is 1. The zero-order chi connectivity index (χ0) is 33.1. The van der Waals surface area contributed by atoms with Crippen molar-refractivity contribution in [3.8, 4) is 5.75 Å². The van der Waals surface area contributed by atoms with E-state index in [0.29, 0.717) is 55.2 Å². The molecule has 6 rings (SSSR count). The van der Waals surface area contributed by atoms with Crippen molar-refractivity contribution in [1.29, 1.82) is 0 Å². The number of amides is 3. The van der Waals surface area contributed by atoms with Gasteiger partial charge in [0.15, 0.2) is 5.78 Å². The molecule has 10 heteroatoms. The number of Topliss-reactive ketones (excluding diaryl/α,β-unsaturated/α-hetero) is 1. The van der Waals surface area contributed by atoms with E-state index < -0.39 is 6.04 Å². The Morgan fingerprint density at radius 3 is 2.51 bits per heavy atom. The molecule has 2 aliphatic rings. The van der Waals surface area contributed by atoms with Crippen LogP contribution in [0.2, 0.25) is 5.02 Å². The lowest BCUT2D eigenvalue weighted by Crippen LogP contribution is -2.56. The van der Waals surface area contributed by atoms with Gasteiger partial charge in [-0.1, -0.05) is 29.8 Å². The van der Waals surface area contributed by atoms with E-state index in [9.17, 15) is 14.4 Å². The predicted molar refractivity (Wildman–Crippen MR) is 185 cm³/mol. The zero-order valence-electron chi connectivity index (χ0n) is 27.2. The highest BCUT2D eigenvalue weighted by atomic mass is 35.5. The minimum Gasteiger partial charge on any atom is -0.497 e. The molecule has 9 nitrogen and oxygen atoms in total. The van der Waals surface area contributed by atoms with Gasteiger partial charge in [0.05, 0.1) is 7.11 Å². The second kappa shape index (κ2) is 14.2. The molecule has 246 valence electrons. The summed E-state index contributed by atoms with van der Waals surface area (Å²) in [6, 6.07) is 19.7. The van der Waals surface area contributed by atoms with E-state index >= 15 is 0 Å². The van der Waals surface area contributed by atoms with Gasteiger partial charge in [-0.2, -0.15) is 0 Å². The van der Waals surface area contributed by atoms with Crippen molar-refractivity contribution in [2.45, 2.75) is 31.7 Å². The van der Waals surface area contributed by atoms with E-state index in [1.807, 2.05) is 67.7 Å². The van der Waals surface area contributed by atoms with E-state index in [2.05, 4.69) is 15.2 Å². The maximum absolute atomic E-state index is 14.6. The highest BCUT2D eigenvalue weighted by molar-refractivity contribution is 6.30. The molecule has 0 aliphatic carbocycles. The van der Waals surface area contributed by atoms with Crippen LogP contribution in [0.4, 0.5) is 10.5 Å². The lowest BCUT2D eigenvalue weighted by atomic mass is 9.89. The Hall–Kier alpha value is -4.34. The van der Waals surface area contributed by atoms with Crippen molar-refractivity contribution in [2.75, 3.05) is 52.3 Å². The third-order valence-electron chi connectivity index (χ3n) is 9.39. The van der Waals surface area contributed by atoms with Gasteiger partial charge in [-0.05, 0) is 98.9 Å². The first-order chi connectivity index (χ1) is 22.7. The SMILES string of the molecule is COc1ccc(C(=O)C2CCN(C(=O)N[C@H](Cc3c[nH]c4ccccc34)C(=O)N3C[C@H](CN(C)C)Cc4cc(Cl)ccc43)CC2)cc1. The van der Waals surface area contributed by atoms with E-state index in [-0.39, 0.29) is 29.6 Å². The summed E-state index contributed by atoms with van der Waals surface area (Å²) in [5, 5.41) is 4.78. The Morgan fingerprint density at radius 1 is 1.04 bits per heavy atom. The number of carbonyl (C=O) groups excluding carboxylic acids is 3. The fraction of sp³-hybridized carbons (Fsp3) is 0.378. The Labute approximate surface area is 280 Å². The van der Waals surface area contributed by atoms with Crippen molar-refractivity contribution >= 4 is 45.9 Å². The molecular formula is C37H42ClN5O4. The number of ether oxygens (including phenoxy) is 1. The van der Waals surface area contributed by atoms with Gasteiger partial charge in [-0.3, -0.25) is 9.59 Å². The van der Waals surface area contributed by atoms with Crippen molar-refractivity contribution < 1.29 is 19.1 Å². The molecule has 0 bridgehead atoms. The number of urea groups is 1. The zero-order valence-corrected chi connectivity index (χ0v) is 27.9. The van der Waals surface area contributed by atoms with E-state index in [1.54, 1.807) is 36.3 Å². The van der Waals surface area contributed by atoms with Gasteiger partial charge in [-0.15, -0.1) is 0 Å². The molecule has 1 aromatic heterocycles. The molecule has 3 aromatic carbocycles. The van der Waals surface area contributed by atoms with Crippen LogP contribution in [0, 0.1) is 11.8 Å². The van der Waals surface area contributed by atoms with Crippen LogP contribution in [-0.2, 0) is 17.6 Å². The predicted octanol–water partition coefficient (Wildman–Crippen LogP) is 5.81. The van der Waals surface area contributed by atoms with Crippen LogP contribution in [0.15, 0.2) is 72.9 Å². The Kier molecular flexibility index (Phi) is 9.84. The number of piperidine rings is 1. The molecule has 2 aliphatic heterocycles. The maximum Gasteiger partial charge on any atom is 0.318 e. The third kappa shape index (κ3) is 7.31. The fourth-order valence-electron chi connectivity index (χ4n) is 7.05. The first kappa shape index (κ1) is 32.6. The van der Waals surface area contributed by atoms with Crippen LogP contribution in [0.3, 0.4) is 0 Å². The molecule has 4 aromatic rings. The van der Waals surface area contributed by atoms with Crippen LogP contribution in [0.1, 0.15) is 34.3 Å². The summed E-state index contributed by atoms with van der Waals surface area (Å²) < 4.78 is 5.22. The smallest absolute Gasteiger partial charge is 0.318 e. The molecule has 1 saturated heterocycles. The molecule has 0 radical (unpaired) electrons. The van der Waals surface area contributed by atoms with Crippen LogP contribution in [0.25, 0.3) is 10.9 Å². The number of methoxy groups -OCH3 is 1. The normalized spacial score (nSPS) is 17.4. The van der Waals surface area contributed by atoms with E-state index in [0.717, 1.165) is 40.7 Å². The molecule has 3 amide bonds. The summed E-state index contributed by atoms with van der Waals surface area (Å²) in [4.78, 5) is 50.6. The van der Waals surface area contributed by atoms with Crippen molar-refractivity contribution in [1.82, 2.24) is 20.1 Å². The standard InChI is InChI=1S/C37H42ClN5O4/c1-41(2)22-24-18-27-19-29(38)10-13-34(27)43(23-24)36(45)33(20-28-21-39-32-7-5-4-6-31(28)32)40-37(46)42-16-14-26(15-17-42)35(44)25-8-11-30(47-3)12-9-25/h4-13,19,21,24,26,33,39H,14-18,20,22-23H2,1-3H3,(H,40,46)/t24-,33+/m0/s1. The number of rotatable bonds is 9. The van der Waals surface area contributed by atoms with Crippen LogP contribution in [-0.4, -0.2) is 85.9 Å². The van der Waals surface area contributed by atoms with Crippen molar-refractivity contribution in [3.63, 3.8) is 0 Å². The van der Waals surface area contributed by atoms with Crippen LogP contribution in [0.5, 0.6) is 5.75 Å². The second-order valence-corrected chi connectivity index (χ2v) is 13.4. The van der Waals surface area contributed by atoms with Gasteiger partial charge < -0.3 is 29.7 Å². The average molecular weight is 656 g/mol. The minimum atomic E-state index is -0.804. The molecule has 3 heterocycles. The van der Waals surface area contributed by atoms with Gasteiger partial charge in [0.1, 0.15) is 11.8 Å². The Balaban J connectivity index is 1.21. The number of nitrogens with zero attached hydrogens (tertiary/aromatic N) is 3. The Bertz CT molecular complexity index is 1750. The van der Waals surface area contributed by atoms with Gasteiger partial charge in [-0.25, -0.2) is 4.79 Å². The number of benzene rings is 3. The first-order valence-electron chi connectivity index (χ1n) is 16.2. The number of carbonyl (C=O) groups is 3. The highest BCUT2D eigenvalue weighted by Crippen LogP contribution is 2.33. The summed E-state index contributed by atoms with van der Waals surface area (Å²) in [5.74, 6) is 0.680. The third-order valence-corrected chi connectivity index (χ3v) is 9.63. The number of hydrogen-bond donors (Lipinski definition) is 2. The number of hydrogen-bond acceptors (Lipinski definition) is 5. The van der Waals surface area contributed by atoms with E-state index in [1.165, 1.54) is 0 Å². The summed E-state index contributed by atoms with van der Waals surface area (Å²) in [6.07, 6.45) is 4.20. The fourth-order valence-corrected chi connectivity index (χ4v) is 7.24. The topological polar surface area (TPSA) is 98.0 Å². The molecule has 47 heavy (non-hydrogen) atoms. The van der Waals surface area contributed by atoms with Crippen LogP contribution < -0.4 is 15.0 Å². The summed E-state index contributed by atoms with van der Waals surface area (Å²) in [7, 11) is 5.67. The van der Waals surface area contributed by atoms with Crippen LogP contribution >= 0.6 is 11.6 Å². The Morgan fingerprint density at radius 2 is 1.79 bits per heavy atom. The number of nitrogens with one attached hydrogen (secondary N) is 2. The molecule has 1 fully saturated rings. The molecule has 0 spiro atoms. The number of H-pyrrole nitrogens is 1. The number of aromatic amines is 1. The van der Waals surface area contributed by atoms with Gasteiger partial charge >= 0.3 is 6.03 Å². The average Bonchev–Trinajstić information content (AvgIpc) is 3.49. The highest BCUT2D eigenvalue weighted by Gasteiger charge is 2.36. The van der Waals surface area contributed by atoms with Gasteiger partial charge in [0, 0.05) is 71.9 Å². The molecule has 0 saturated carbocycles. The van der Waals surface area contributed by atoms with Gasteiger partial charge in [0.2, 0.25) is 5.91 Å². The number of halogens is 1. The minimum absolute atomic E-state index is 0.0799. The molecule has 0 unspecified atom stereocenters. The monoisotopic (exact) mass is 655 g/mol. The summed E-state index contributed by atoms with van der Waals surface area (Å²) in [5.41, 5.74) is 4.46. The maximum atomic E-state index is 14.6. The molecule has 2 N–H and O–H groups in total. The lowest BCUT2D eigenvalue weighted by molar-refractivity contribution is -0.120. The summed E-state index contributed by atoms with van der Waals surface area (Å²) in [6.45, 7) is 2.23. The number of anilines is 1. The number of para-hydroxylation sites is 1. The van der Waals surface area contributed by atoms with Crippen molar-refractivity contribution in [2.24, 2.45) is 11.8 Å². The quantitative estimate of drug-likeness (QED) is 0.222.